The number of rotatable bonds is 1. The predicted octanol–water partition coefficient (Wildman–Crippen LogP) is 2.31. The van der Waals surface area contributed by atoms with Crippen LogP contribution in [0, 0.1) is 0 Å². The number of hydrazone groups is 1. The molecule has 1 aliphatic rings. The molecule has 15 heavy (non-hydrogen) atoms. The highest BCUT2D eigenvalue weighted by atomic mass is 16.2. The van der Waals surface area contributed by atoms with Crippen molar-refractivity contribution in [2.75, 3.05) is 0 Å². The highest BCUT2D eigenvalue weighted by Crippen LogP contribution is 2.22. The van der Waals surface area contributed by atoms with Gasteiger partial charge in [-0.1, -0.05) is 12.0 Å². The molecule has 2 amide bonds. The minimum atomic E-state index is -0.597. The first kappa shape index (κ1) is 11.8. The van der Waals surface area contributed by atoms with Gasteiger partial charge in [0.1, 0.15) is 0 Å². The van der Waals surface area contributed by atoms with Crippen LogP contribution >= 0.6 is 0 Å². The lowest BCUT2D eigenvalue weighted by atomic mass is 10.0. The monoisotopic (exact) mass is 209 g/mol. The Bertz CT molecular complexity index is 301. The van der Waals surface area contributed by atoms with Crippen molar-refractivity contribution in [3.8, 4) is 0 Å². The lowest BCUT2D eigenvalue weighted by Gasteiger charge is -2.09. The van der Waals surface area contributed by atoms with Gasteiger partial charge in [0.2, 0.25) is 0 Å². The molecular weight excluding hydrogens is 190 g/mol. The van der Waals surface area contributed by atoms with Crippen LogP contribution in [0.25, 0.3) is 0 Å². The van der Waals surface area contributed by atoms with Gasteiger partial charge in [0.25, 0.3) is 0 Å². The second-order valence-corrected chi connectivity index (χ2v) is 4.07. The van der Waals surface area contributed by atoms with Gasteiger partial charge in [-0.15, -0.1) is 0 Å². The normalized spacial score (nSPS) is 19.9. The van der Waals surface area contributed by atoms with E-state index in [9.17, 15) is 4.79 Å². The number of urea groups is 1. The number of carbonyl (C=O) groups is 1. The van der Waals surface area contributed by atoms with Crippen LogP contribution in [0.3, 0.4) is 0 Å². The number of amides is 2. The van der Waals surface area contributed by atoms with Gasteiger partial charge in [0, 0.05) is 0 Å². The van der Waals surface area contributed by atoms with Crippen molar-refractivity contribution in [1.82, 2.24) is 5.43 Å². The Kier molecular flexibility index (Phi) is 4.34. The first-order chi connectivity index (χ1) is 7.11. The summed E-state index contributed by atoms with van der Waals surface area (Å²) in [7, 11) is 0. The maximum Gasteiger partial charge on any atom is 0.332 e. The molecule has 0 unspecified atom stereocenters. The summed E-state index contributed by atoms with van der Waals surface area (Å²) in [4.78, 5) is 10.6. The molecule has 1 saturated carbocycles. The Balaban J connectivity index is 2.84. The number of nitrogens with two attached hydrogens (primary N) is 1. The van der Waals surface area contributed by atoms with E-state index in [0.717, 1.165) is 25.0 Å². The summed E-state index contributed by atoms with van der Waals surface area (Å²) in [5.74, 6) is 0. The fourth-order valence-electron chi connectivity index (χ4n) is 1.85. The molecule has 0 atom stereocenters. The van der Waals surface area contributed by atoms with E-state index in [1.54, 1.807) is 0 Å². The molecule has 0 aromatic carbocycles. The molecule has 0 spiro atoms. The van der Waals surface area contributed by atoms with Crippen LogP contribution in [0.5, 0.6) is 0 Å². The van der Waals surface area contributed by atoms with E-state index in [1.807, 2.05) is 0 Å². The quantitative estimate of drug-likeness (QED) is 0.505. The number of primary amides is 1. The van der Waals surface area contributed by atoms with E-state index < -0.39 is 6.03 Å². The molecule has 1 rings (SSSR count). The topological polar surface area (TPSA) is 67.5 Å². The summed E-state index contributed by atoms with van der Waals surface area (Å²) >= 11 is 0. The number of carbonyl (C=O) groups excluding carboxylic acids is 1. The summed E-state index contributed by atoms with van der Waals surface area (Å²) < 4.78 is 0. The van der Waals surface area contributed by atoms with Crippen molar-refractivity contribution in [2.24, 2.45) is 10.8 Å². The third kappa shape index (κ3) is 3.73. The zero-order valence-corrected chi connectivity index (χ0v) is 9.47. The molecule has 4 heteroatoms. The Morgan fingerprint density at radius 3 is 2.53 bits per heavy atom. The minimum Gasteiger partial charge on any atom is -0.350 e. The molecule has 0 aromatic rings. The van der Waals surface area contributed by atoms with E-state index in [0.29, 0.717) is 0 Å². The van der Waals surface area contributed by atoms with Crippen molar-refractivity contribution >= 4 is 11.7 Å². The van der Waals surface area contributed by atoms with E-state index in [4.69, 9.17) is 5.73 Å². The maximum atomic E-state index is 10.6. The number of nitrogens with zero attached hydrogens (tertiary/aromatic N) is 1. The van der Waals surface area contributed by atoms with Gasteiger partial charge in [-0.2, -0.15) is 5.10 Å². The van der Waals surface area contributed by atoms with Gasteiger partial charge >= 0.3 is 6.03 Å². The lowest BCUT2D eigenvalue weighted by Crippen LogP contribution is -2.26. The highest BCUT2D eigenvalue weighted by molar-refractivity contribution is 6.01. The van der Waals surface area contributed by atoms with Crippen LogP contribution in [0.1, 0.15) is 46.0 Å². The molecule has 0 bridgehead atoms. The molecule has 0 aromatic heterocycles. The molecule has 0 saturated heterocycles. The Hall–Kier alpha value is -1.32. The predicted molar refractivity (Wildman–Crippen MR) is 61.6 cm³/mol. The smallest absolute Gasteiger partial charge is 0.332 e. The van der Waals surface area contributed by atoms with Crippen molar-refractivity contribution in [3.05, 3.63) is 11.1 Å². The van der Waals surface area contributed by atoms with Gasteiger partial charge in [0.05, 0.1) is 5.71 Å². The van der Waals surface area contributed by atoms with Crippen molar-refractivity contribution in [1.29, 1.82) is 0 Å². The van der Waals surface area contributed by atoms with Crippen molar-refractivity contribution < 1.29 is 4.79 Å². The summed E-state index contributed by atoms with van der Waals surface area (Å²) in [6, 6.07) is -0.597. The SMILES string of the molecule is CC(C)=C1CCCCC/C1=N/NC(N)=O. The van der Waals surface area contributed by atoms with Gasteiger partial charge in [-0.05, 0) is 45.1 Å². The Morgan fingerprint density at radius 1 is 1.27 bits per heavy atom. The molecule has 0 radical (unpaired) electrons. The second kappa shape index (κ2) is 5.53. The Labute approximate surface area is 90.6 Å². The van der Waals surface area contributed by atoms with Gasteiger partial charge < -0.3 is 5.73 Å². The average molecular weight is 209 g/mol. The van der Waals surface area contributed by atoms with Crippen molar-refractivity contribution in [3.63, 3.8) is 0 Å². The van der Waals surface area contributed by atoms with Crippen LogP contribution in [0.2, 0.25) is 0 Å². The van der Waals surface area contributed by atoms with E-state index in [2.05, 4.69) is 24.4 Å². The molecular formula is C11H19N3O. The first-order valence-electron chi connectivity index (χ1n) is 5.40. The van der Waals surface area contributed by atoms with Crippen LogP contribution in [-0.4, -0.2) is 11.7 Å². The van der Waals surface area contributed by atoms with Crippen LogP contribution in [0.15, 0.2) is 16.2 Å². The summed E-state index contributed by atoms with van der Waals surface area (Å²) in [5, 5.41) is 4.08. The first-order valence-corrected chi connectivity index (χ1v) is 5.40. The molecule has 4 nitrogen and oxygen atoms in total. The third-order valence-corrected chi connectivity index (χ3v) is 2.59. The minimum absolute atomic E-state index is 0.597. The standard InChI is InChI=1S/C11H19N3O/c1-8(2)9-6-4-3-5-7-10(9)13-14-11(12)15/h3-7H2,1-2H3,(H3,12,14,15)/b13-10-. The number of nitrogens with one attached hydrogen (secondary N) is 1. The van der Waals surface area contributed by atoms with Gasteiger partial charge in [0.15, 0.2) is 0 Å². The summed E-state index contributed by atoms with van der Waals surface area (Å²) in [5.41, 5.74) is 10.9. The third-order valence-electron chi connectivity index (χ3n) is 2.59. The van der Waals surface area contributed by atoms with Crippen LogP contribution in [-0.2, 0) is 0 Å². The number of hydrogen-bond acceptors (Lipinski definition) is 2. The zero-order chi connectivity index (χ0) is 11.3. The molecule has 84 valence electrons. The van der Waals surface area contributed by atoms with Gasteiger partial charge in [-0.3, -0.25) is 0 Å². The summed E-state index contributed by atoms with van der Waals surface area (Å²) in [6.45, 7) is 4.17. The largest absolute Gasteiger partial charge is 0.350 e. The van der Waals surface area contributed by atoms with E-state index >= 15 is 0 Å². The molecule has 1 fully saturated rings. The fourth-order valence-corrected chi connectivity index (χ4v) is 1.85. The van der Waals surface area contributed by atoms with Gasteiger partial charge in [-0.25, -0.2) is 10.2 Å². The maximum absolute atomic E-state index is 10.6. The van der Waals surface area contributed by atoms with Crippen molar-refractivity contribution in [2.45, 2.75) is 46.0 Å². The molecule has 1 aliphatic carbocycles. The molecule has 3 N–H and O–H groups in total. The number of hydrogen-bond donors (Lipinski definition) is 2. The fraction of sp³-hybridized carbons (Fsp3) is 0.636. The zero-order valence-electron chi connectivity index (χ0n) is 9.47. The van der Waals surface area contributed by atoms with E-state index in [-0.39, 0.29) is 0 Å². The summed E-state index contributed by atoms with van der Waals surface area (Å²) in [6.07, 6.45) is 5.56. The average Bonchev–Trinajstić information content (AvgIpc) is 2.39. The van der Waals surface area contributed by atoms with Crippen LogP contribution < -0.4 is 11.2 Å². The van der Waals surface area contributed by atoms with Crippen LogP contribution in [0.4, 0.5) is 4.79 Å². The lowest BCUT2D eigenvalue weighted by molar-refractivity contribution is 0.249. The molecule has 0 aliphatic heterocycles. The number of allylic oxidation sites excluding steroid dienone is 2. The second-order valence-electron chi connectivity index (χ2n) is 4.07. The highest BCUT2D eigenvalue weighted by Gasteiger charge is 2.13. The van der Waals surface area contributed by atoms with E-state index in [1.165, 1.54) is 24.0 Å². The molecule has 0 heterocycles. The Morgan fingerprint density at radius 2 is 1.93 bits per heavy atom.